The minimum absolute atomic E-state index is 0.0117. The Labute approximate surface area is 138 Å². The summed E-state index contributed by atoms with van der Waals surface area (Å²) in [7, 11) is 1.63. The molecular formula is C17H27N3O3. The standard InChI is InChI=1S/C17H27N3O3/c1-14(2)23-16-6-4-15(5-7-16)19-9-11-20(12-10-19)17(21)18-8-13-22-3/h4-7,14H,8-13H2,1-3H3,(H,18,21). The number of hydrogen-bond donors (Lipinski definition) is 1. The van der Waals surface area contributed by atoms with Gasteiger partial charge in [-0.2, -0.15) is 0 Å². The van der Waals surface area contributed by atoms with E-state index >= 15 is 0 Å². The number of methoxy groups -OCH3 is 1. The van der Waals surface area contributed by atoms with Gasteiger partial charge in [-0.05, 0) is 38.1 Å². The van der Waals surface area contributed by atoms with Crippen molar-refractivity contribution >= 4 is 11.7 Å². The molecule has 0 atom stereocenters. The lowest BCUT2D eigenvalue weighted by molar-refractivity contribution is 0.177. The predicted molar refractivity (Wildman–Crippen MR) is 91.3 cm³/mol. The van der Waals surface area contributed by atoms with Gasteiger partial charge in [-0.15, -0.1) is 0 Å². The third kappa shape index (κ3) is 5.32. The summed E-state index contributed by atoms with van der Waals surface area (Å²) in [4.78, 5) is 16.1. The zero-order valence-corrected chi connectivity index (χ0v) is 14.2. The molecular weight excluding hydrogens is 294 g/mol. The van der Waals surface area contributed by atoms with Crippen molar-refractivity contribution in [2.45, 2.75) is 20.0 Å². The fourth-order valence-corrected chi connectivity index (χ4v) is 2.55. The molecule has 0 aliphatic carbocycles. The highest BCUT2D eigenvalue weighted by molar-refractivity contribution is 5.74. The van der Waals surface area contributed by atoms with Crippen LogP contribution in [0.25, 0.3) is 0 Å². The topological polar surface area (TPSA) is 54.0 Å². The zero-order chi connectivity index (χ0) is 16.7. The summed E-state index contributed by atoms with van der Waals surface area (Å²) in [6, 6.07) is 8.14. The van der Waals surface area contributed by atoms with Crippen LogP contribution in [0.15, 0.2) is 24.3 Å². The maximum Gasteiger partial charge on any atom is 0.317 e. The Hall–Kier alpha value is -1.95. The Kier molecular flexibility index (Phi) is 6.52. The van der Waals surface area contributed by atoms with Crippen molar-refractivity contribution < 1.29 is 14.3 Å². The minimum Gasteiger partial charge on any atom is -0.491 e. The van der Waals surface area contributed by atoms with Gasteiger partial charge in [0.2, 0.25) is 0 Å². The predicted octanol–water partition coefficient (Wildman–Crippen LogP) is 1.95. The van der Waals surface area contributed by atoms with Crippen LogP contribution in [-0.2, 0) is 4.74 Å². The van der Waals surface area contributed by atoms with Crippen molar-refractivity contribution in [1.29, 1.82) is 0 Å². The number of carbonyl (C=O) groups excluding carboxylic acids is 1. The summed E-state index contributed by atoms with van der Waals surface area (Å²) in [5.41, 5.74) is 1.17. The molecule has 1 aromatic carbocycles. The first-order valence-corrected chi connectivity index (χ1v) is 8.13. The molecule has 1 heterocycles. The smallest absolute Gasteiger partial charge is 0.317 e. The Morgan fingerprint density at radius 1 is 1.17 bits per heavy atom. The molecule has 1 N–H and O–H groups in total. The number of anilines is 1. The van der Waals surface area contributed by atoms with E-state index in [4.69, 9.17) is 9.47 Å². The number of ether oxygens (including phenoxy) is 2. The first-order valence-electron chi connectivity index (χ1n) is 8.13. The number of amides is 2. The van der Waals surface area contributed by atoms with Crippen molar-refractivity contribution in [3.05, 3.63) is 24.3 Å². The molecule has 0 saturated carbocycles. The summed E-state index contributed by atoms with van der Waals surface area (Å²) >= 11 is 0. The van der Waals surface area contributed by atoms with Crippen LogP contribution in [0.3, 0.4) is 0 Å². The van der Waals surface area contributed by atoms with E-state index in [9.17, 15) is 4.79 Å². The van der Waals surface area contributed by atoms with Crippen LogP contribution in [-0.4, -0.2) is 63.5 Å². The Morgan fingerprint density at radius 2 is 1.83 bits per heavy atom. The van der Waals surface area contributed by atoms with E-state index < -0.39 is 0 Å². The van der Waals surface area contributed by atoms with Crippen LogP contribution >= 0.6 is 0 Å². The summed E-state index contributed by atoms with van der Waals surface area (Å²) in [6.45, 7) is 8.25. The van der Waals surface area contributed by atoms with E-state index in [2.05, 4.69) is 22.3 Å². The van der Waals surface area contributed by atoms with E-state index in [0.29, 0.717) is 13.2 Å². The Bertz CT molecular complexity index is 482. The highest BCUT2D eigenvalue weighted by Gasteiger charge is 2.20. The van der Waals surface area contributed by atoms with Gasteiger partial charge in [0.05, 0.1) is 12.7 Å². The first-order chi connectivity index (χ1) is 11.1. The monoisotopic (exact) mass is 321 g/mol. The van der Waals surface area contributed by atoms with Crippen LogP contribution in [0.1, 0.15) is 13.8 Å². The van der Waals surface area contributed by atoms with E-state index in [1.54, 1.807) is 7.11 Å². The van der Waals surface area contributed by atoms with Crippen molar-refractivity contribution in [3.8, 4) is 5.75 Å². The average Bonchev–Trinajstić information content (AvgIpc) is 2.55. The average molecular weight is 321 g/mol. The fourth-order valence-electron chi connectivity index (χ4n) is 2.55. The van der Waals surface area contributed by atoms with Crippen LogP contribution < -0.4 is 15.0 Å². The van der Waals surface area contributed by atoms with Gasteiger partial charge in [-0.1, -0.05) is 0 Å². The molecule has 0 spiro atoms. The van der Waals surface area contributed by atoms with Gasteiger partial charge in [-0.25, -0.2) is 4.79 Å². The maximum atomic E-state index is 12.0. The molecule has 0 unspecified atom stereocenters. The second-order valence-corrected chi connectivity index (χ2v) is 5.86. The number of benzene rings is 1. The normalized spacial score (nSPS) is 15.0. The third-order valence-electron chi connectivity index (χ3n) is 3.72. The molecule has 23 heavy (non-hydrogen) atoms. The summed E-state index contributed by atoms with van der Waals surface area (Å²) in [5, 5.41) is 2.86. The summed E-state index contributed by atoms with van der Waals surface area (Å²) in [6.07, 6.45) is 0.181. The highest BCUT2D eigenvalue weighted by atomic mass is 16.5. The zero-order valence-electron chi connectivity index (χ0n) is 14.2. The Balaban J connectivity index is 1.80. The maximum absolute atomic E-state index is 12.0. The van der Waals surface area contributed by atoms with E-state index in [0.717, 1.165) is 31.9 Å². The number of nitrogens with zero attached hydrogens (tertiary/aromatic N) is 2. The molecule has 1 aliphatic rings. The number of urea groups is 1. The number of nitrogens with one attached hydrogen (secondary N) is 1. The molecule has 0 bridgehead atoms. The number of rotatable bonds is 6. The lowest BCUT2D eigenvalue weighted by Gasteiger charge is -2.36. The molecule has 6 nitrogen and oxygen atoms in total. The quantitative estimate of drug-likeness (QED) is 0.814. The van der Waals surface area contributed by atoms with Crippen LogP contribution in [0.2, 0.25) is 0 Å². The van der Waals surface area contributed by atoms with Crippen LogP contribution in [0.5, 0.6) is 5.75 Å². The Morgan fingerprint density at radius 3 is 2.39 bits per heavy atom. The molecule has 0 aromatic heterocycles. The molecule has 1 fully saturated rings. The van der Waals surface area contributed by atoms with E-state index in [1.165, 1.54) is 5.69 Å². The van der Waals surface area contributed by atoms with Gasteiger partial charge in [0.15, 0.2) is 0 Å². The molecule has 0 radical (unpaired) electrons. The van der Waals surface area contributed by atoms with E-state index in [1.807, 2.05) is 30.9 Å². The van der Waals surface area contributed by atoms with Crippen molar-refractivity contribution in [2.24, 2.45) is 0 Å². The number of piperazine rings is 1. The van der Waals surface area contributed by atoms with Gasteiger partial charge in [0.1, 0.15) is 5.75 Å². The van der Waals surface area contributed by atoms with Crippen molar-refractivity contribution in [1.82, 2.24) is 10.2 Å². The van der Waals surface area contributed by atoms with Gasteiger partial charge >= 0.3 is 6.03 Å². The highest BCUT2D eigenvalue weighted by Crippen LogP contribution is 2.21. The molecule has 1 aliphatic heterocycles. The SMILES string of the molecule is COCCNC(=O)N1CCN(c2ccc(OC(C)C)cc2)CC1. The third-order valence-corrected chi connectivity index (χ3v) is 3.72. The minimum atomic E-state index is -0.0117. The van der Waals surface area contributed by atoms with Gasteiger partial charge in [0.25, 0.3) is 0 Å². The summed E-state index contributed by atoms with van der Waals surface area (Å²) < 4.78 is 10.6. The largest absolute Gasteiger partial charge is 0.491 e. The molecule has 1 saturated heterocycles. The van der Waals surface area contributed by atoms with E-state index in [-0.39, 0.29) is 12.1 Å². The second kappa shape index (κ2) is 8.62. The van der Waals surface area contributed by atoms with Gasteiger partial charge in [-0.3, -0.25) is 0 Å². The number of carbonyl (C=O) groups is 1. The lowest BCUT2D eigenvalue weighted by atomic mass is 10.2. The lowest BCUT2D eigenvalue weighted by Crippen LogP contribution is -2.52. The first kappa shape index (κ1) is 17.4. The van der Waals surface area contributed by atoms with Gasteiger partial charge in [0, 0.05) is 45.5 Å². The molecule has 6 heteroatoms. The molecule has 2 rings (SSSR count). The van der Waals surface area contributed by atoms with Crippen molar-refractivity contribution in [3.63, 3.8) is 0 Å². The second-order valence-electron chi connectivity index (χ2n) is 5.86. The molecule has 2 amide bonds. The molecule has 128 valence electrons. The van der Waals surface area contributed by atoms with Crippen LogP contribution in [0.4, 0.5) is 10.5 Å². The number of hydrogen-bond acceptors (Lipinski definition) is 4. The van der Waals surface area contributed by atoms with Crippen LogP contribution in [0, 0.1) is 0 Å². The molecule has 1 aromatic rings. The van der Waals surface area contributed by atoms with Gasteiger partial charge < -0.3 is 24.6 Å². The fraction of sp³-hybridized carbons (Fsp3) is 0.588. The summed E-state index contributed by atoms with van der Waals surface area (Å²) in [5.74, 6) is 0.889. The van der Waals surface area contributed by atoms with Crippen molar-refractivity contribution in [2.75, 3.05) is 51.3 Å².